The molecule has 1 aliphatic heterocycles. The quantitative estimate of drug-likeness (QED) is 0.629. The molecule has 2 heterocycles. The summed E-state index contributed by atoms with van der Waals surface area (Å²) in [5, 5.41) is 0.790. The molecule has 0 atom stereocenters. The van der Waals surface area contributed by atoms with E-state index in [0.29, 0.717) is 6.42 Å². The highest BCUT2D eigenvalue weighted by Crippen LogP contribution is 2.36. The Morgan fingerprint density at radius 2 is 1.73 bits per heavy atom. The van der Waals surface area contributed by atoms with Gasteiger partial charge in [-0.3, -0.25) is 14.7 Å². The molecule has 5 heteroatoms. The molecule has 0 aliphatic carbocycles. The van der Waals surface area contributed by atoms with Crippen molar-refractivity contribution < 1.29 is 4.79 Å². The Kier molecular flexibility index (Phi) is 6.16. The lowest BCUT2D eigenvalue weighted by atomic mass is 9.73. The molecule has 0 unspecified atom stereocenters. The van der Waals surface area contributed by atoms with Crippen LogP contribution in [-0.2, 0) is 17.8 Å². The first-order chi connectivity index (χ1) is 14.6. The minimum atomic E-state index is -0.493. The van der Waals surface area contributed by atoms with E-state index in [9.17, 15) is 4.79 Å². The van der Waals surface area contributed by atoms with Crippen molar-refractivity contribution in [2.75, 3.05) is 13.1 Å². The van der Waals surface area contributed by atoms with Crippen molar-refractivity contribution in [2.24, 2.45) is 11.1 Å². The maximum absolute atomic E-state index is 12.5. The fourth-order valence-corrected chi connectivity index (χ4v) is 4.45. The van der Waals surface area contributed by atoms with Crippen LogP contribution in [0, 0.1) is 5.41 Å². The molecule has 4 rings (SSSR count). The molecule has 30 heavy (non-hydrogen) atoms. The van der Waals surface area contributed by atoms with E-state index in [0.717, 1.165) is 59.8 Å². The molecule has 1 aromatic heterocycles. The number of nitrogens with zero attached hydrogens (tertiary/aromatic N) is 2. The predicted molar refractivity (Wildman–Crippen MR) is 121 cm³/mol. The number of hydrogen-bond acceptors (Lipinski definition) is 3. The Bertz CT molecular complexity index is 996. The van der Waals surface area contributed by atoms with Gasteiger partial charge >= 0.3 is 0 Å². The highest BCUT2D eigenvalue weighted by molar-refractivity contribution is 6.31. The Morgan fingerprint density at radius 1 is 1.00 bits per heavy atom. The van der Waals surface area contributed by atoms with Gasteiger partial charge in [-0.15, -0.1) is 0 Å². The summed E-state index contributed by atoms with van der Waals surface area (Å²) in [6, 6.07) is 20.3. The molecule has 2 aromatic carbocycles. The molecule has 4 nitrogen and oxygen atoms in total. The third kappa shape index (κ3) is 4.55. The van der Waals surface area contributed by atoms with Crippen molar-refractivity contribution >= 4 is 17.5 Å². The fraction of sp³-hybridized carbons (Fsp3) is 0.280. The summed E-state index contributed by atoms with van der Waals surface area (Å²) in [4.78, 5) is 19.0. The van der Waals surface area contributed by atoms with Gasteiger partial charge < -0.3 is 5.73 Å². The van der Waals surface area contributed by atoms with Crippen molar-refractivity contribution in [2.45, 2.75) is 25.8 Å². The first-order valence-corrected chi connectivity index (χ1v) is 10.7. The molecule has 0 saturated carbocycles. The number of rotatable bonds is 6. The number of aromatic nitrogens is 1. The molecule has 0 radical (unpaired) electrons. The fourth-order valence-electron chi connectivity index (χ4n) is 4.26. The van der Waals surface area contributed by atoms with E-state index < -0.39 is 5.41 Å². The molecule has 1 saturated heterocycles. The summed E-state index contributed by atoms with van der Waals surface area (Å²) in [5.41, 5.74) is 9.88. The van der Waals surface area contributed by atoms with E-state index in [1.54, 1.807) is 6.20 Å². The maximum atomic E-state index is 12.5. The number of likely N-dealkylation sites (tertiary alicyclic amines) is 1. The van der Waals surface area contributed by atoms with Crippen LogP contribution < -0.4 is 5.73 Å². The average molecular weight is 420 g/mol. The number of amides is 1. The van der Waals surface area contributed by atoms with Crippen LogP contribution in [-0.4, -0.2) is 28.9 Å². The van der Waals surface area contributed by atoms with Gasteiger partial charge in [0.05, 0.1) is 5.41 Å². The first-order valence-electron chi connectivity index (χ1n) is 10.3. The van der Waals surface area contributed by atoms with Gasteiger partial charge in [-0.05, 0) is 66.7 Å². The second-order valence-electron chi connectivity index (χ2n) is 8.13. The van der Waals surface area contributed by atoms with Crippen molar-refractivity contribution in [1.29, 1.82) is 0 Å². The largest absolute Gasteiger partial charge is 0.369 e. The van der Waals surface area contributed by atoms with E-state index in [1.807, 2.05) is 36.5 Å². The number of halogens is 1. The smallest absolute Gasteiger partial charge is 0.224 e. The number of benzene rings is 2. The third-order valence-electron chi connectivity index (χ3n) is 6.18. The topological polar surface area (TPSA) is 59.2 Å². The van der Waals surface area contributed by atoms with E-state index >= 15 is 0 Å². The Balaban J connectivity index is 1.43. The SMILES string of the molecule is NC(=O)C1(Cc2ccc(-c3cccnc3)cc2)CCN(Cc2ccccc2Cl)CC1. The molecule has 1 fully saturated rings. The van der Waals surface area contributed by atoms with Crippen LogP contribution in [0.4, 0.5) is 0 Å². The van der Waals surface area contributed by atoms with Crippen LogP contribution in [0.15, 0.2) is 73.1 Å². The van der Waals surface area contributed by atoms with Crippen LogP contribution in [0.1, 0.15) is 24.0 Å². The number of piperidine rings is 1. The number of pyridine rings is 1. The molecule has 1 aliphatic rings. The van der Waals surface area contributed by atoms with Crippen LogP contribution in [0.25, 0.3) is 11.1 Å². The number of carbonyl (C=O) groups is 1. The summed E-state index contributed by atoms with van der Waals surface area (Å²) in [5.74, 6) is -0.198. The minimum Gasteiger partial charge on any atom is -0.369 e. The summed E-state index contributed by atoms with van der Waals surface area (Å²) in [7, 11) is 0. The van der Waals surface area contributed by atoms with Gasteiger partial charge in [0, 0.05) is 24.0 Å². The van der Waals surface area contributed by atoms with Gasteiger partial charge in [-0.2, -0.15) is 0 Å². The average Bonchev–Trinajstić information content (AvgIpc) is 2.78. The van der Waals surface area contributed by atoms with Crippen LogP contribution >= 0.6 is 11.6 Å². The molecule has 2 N–H and O–H groups in total. The Hall–Kier alpha value is -2.69. The zero-order chi connectivity index (χ0) is 21.0. The second kappa shape index (κ2) is 8.99. The normalized spacial score (nSPS) is 16.3. The van der Waals surface area contributed by atoms with E-state index in [1.165, 1.54) is 0 Å². The summed E-state index contributed by atoms with van der Waals surface area (Å²) in [6.45, 7) is 2.47. The molecule has 1 amide bonds. The molecular formula is C25H26ClN3O. The molecule has 154 valence electrons. The van der Waals surface area contributed by atoms with Crippen molar-refractivity contribution in [1.82, 2.24) is 9.88 Å². The van der Waals surface area contributed by atoms with Gasteiger partial charge in [-0.25, -0.2) is 0 Å². The van der Waals surface area contributed by atoms with Crippen LogP contribution in [0.2, 0.25) is 5.02 Å². The first kappa shape index (κ1) is 20.6. The lowest BCUT2D eigenvalue weighted by molar-refractivity contribution is -0.130. The summed E-state index contributed by atoms with van der Waals surface area (Å²) >= 11 is 6.31. The Morgan fingerprint density at radius 3 is 2.37 bits per heavy atom. The van der Waals surface area contributed by atoms with Crippen molar-refractivity contribution in [3.8, 4) is 11.1 Å². The molecule has 3 aromatic rings. The third-order valence-corrected chi connectivity index (χ3v) is 6.55. The molecule has 0 spiro atoms. The predicted octanol–water partition coefficient (Wildman–Crippen LogP) is 4.71. The maximum Gasteiger partial charge on any atom is 0.224 e. The standard InChI is InChI=1S/C25H26ClN3O/c26-23-6-2-1-4-22(23)18-29-14-11-25(12-15-29,24(27)30)16-19-7-9-20(10-8-19)21-5-3-13-28-17-21/h1-10,13,17H,11-12,14-16,18H2,(H2,27,30). The van der Waals surface area contributed by atoms with E-state index in [2.05, 4.69) is 40.2 Å². The van der Waals surface area contributed by atoms with Gasteiger partial charge in [0.2, 0.25) is 5.91 Å². The van der Waals surface area contributed by atoms with E-state index in [4.69, 9.17) is 17.3 Å². The Labute approximate surface area is 182 Å². The highest BCUT2D eigenvalue weighted by atomic mass is 35.5. The van der Waals surface area contributed by atoms with Gasteiger partial charge in [0.25, 0.3) is 0 Å². The number of primary amides is 1. The minimum absolute atomic E-state index is 0.198. The lowest BCUT2D eigenvalue weighted by Gasteiger charge is -2.40. The number of carbonyl (C=O) groups excluding carboxylic acids is 1. The lowest BCUT2D eigenvalue weighted by Crippen LogP contribution is -2.48. The second-order valence-corrected chi connectivity index (χ2v) is 8.53. The van der Waals surface area contributed by atoms with Crippen LogP contribution in [0.5, 0.6) is 0 Å². The van der Waals surface area contributed by atoms with Crippen molar-refractivity contribution in [3.63, 3.8) is 0 Å². The number of hydrogen-bond donors (Lipinski definition) is 1. The zero-order valence-electron chi connectivity index (χ0n) is 16.9. The summed E-state index contributed by atoms with van der Waals surface area (Å²) in [6.07, 6.45) is 5.82. The van der Waals surface area contributed by atoms with Gasteiger partial charge in [0.1, 0.15) is 0 Å². The van der Waals surface area contributed by atoms with E-state index in [-0.39, 0.29) is 5.91 Å². The molecule has 0 bridgehead atoms. The highest BCUT2D eigenvalue weighted by Gasteiger charge is 2.39. The van der Waals surface area contributed by atoms with Gasteiger partial charge in [0.15, 0.2) is 0 Å². The molecular weight excluding hydrogens is 394 g/mol. The number of nitrogens with two attached hydrogens (primary N) is 1. The van der Waals surface area contributed by atoms with Crippen LogP contribution in [0.3, 0.4) is 0 Å². The van der Waals surface area contributed by atoms with Crippen molar-refractivity contribution in [3.05, 3.63) is 89.2 Å². The van der Waals surface area contributed by atoms with Gasteiger partial charge in [-0.1, -0.05) is 60.1 Å². The summed E-state index contributed by atoms with van der Waals surface area (Å²) < 4.78 is 0. The monoisotopic (exact) mass is 419 g/mol. The zero-order valence-corrected chi connectivity index (χ0v) is 17.7.